The van der Waals surface area contributed by atoms with Gasteiger partial charge in [0.1, 0.15) is 0 Å². The summed E-state index contributed by atoms with van der Waals surface area (Å²) in [5, 5.41) is 8.89. The van der Waals surface area contributed by atoms with Crippen molar-refractivity contribution in [1.82, 2.24) is 5.48 Å². The Kier molecular flexibility index (Phi) is 3.99. The van der Waals surface area contributed by atoms with E-state index in [1.54, 1.807) is 12.1 Å². The third-order valence-electron chi connectivity index (χ3n) is 1.52. The summed E-state index contributed by atoms with van der Waals surface area (Å²) in [5.74, 6) is 0. The summed E-state index contributed by atoms with van der Waals surface area (Å²) >= 11 is 5.72. The molecule has 14 heavy (non-hydrogen) atoms. The predicted octanol–water partition coefficient (Wildman–Crippen LogP) is 2.36. The number of benzene rings is 1. The van der Waals surface area contributed by atoms with Crippen LogP contribution in [0.15, 0.2) is 30.8 Å². The molecule has 0 atom stereocenters. The molecule has 0 heterocycles. The Morgan fingerprint density at radius 1 is 1.50 bits per heavy atom. The summed E-state index contributed by atoms with van der Waals surface area (Å²) in [6, 6.07) is 8.98. The molecule has 0 fully saturated rings. The third kappa shape index (κ3) is 3.09. The zero-order chi connectivity index (χ0) is 10.4. The maximum absolute atomic E-state index is 8.22. The number of nitrogens with one attached hydrogen (secondary N) is 1. The Balaban J connectivity index is 2.53. The summed E-state index contributed by atoms with van der Waals surface area (Å²) < 4.78 is 0. The highest BCUT2D eigenvalue weighted by Crippen LogP contribution is 2.13. The summed E-state index contributed by atoms with van der Waals surface area (Å²) in [6.07, 6.45) is 0. The second-order valence-electron chi connectivity index (χ2n) is 2.53. The van der Waals surface area contributed by atoms with Gasteiger partial charge in [0.05, 0.1) is 11.8 Å². The SMILES string of the molecule is C=C(NOCC#N)c1ccc(Cl)cc1. The Bertz CT molecular complexity index is 353. The van der Waals surface area contributed by atoms with Crippen molar-refractivity contribution >= 4 is 17.3 Å². The van der Waals surface area contributed by atoms with Crippen LogP contribution in [0.25, 0.3) is 5.70 Å². The second-order valence-corrected chi connectivity index (χ2v) is 2.97. The molecule has 3 nitrogen and oxygen atoms in total. The van der Waals surface area contributed by atoms with Crippen molar-refractivity contribution in [3.05, 3.63) is 41.4 Å². The zero-order valence-electron chi connectivity index (χ0n) is 7.46. The van der Waals surface area contributed by atoms with Crippen LogP contribution in [0.4, 0.5) is 0 Å². The second kappa shape index (κ2) is 5.28. The summed E-state index contributed by atoms with van der Waals surface area (Å²) in [4.78, 5) is 4.79. The van der Waals surface area contributed by atoms with Crippen molar-refractivity contribution in [2.75, 3.05) is 6.61 Å². The summed E-state index contributed by atoms with van der Waals surface area (Å²) in [6.45, 7) is 3.72. The first-order chi connectivity index (χ1) is 6.74. The fraction of sp³-hybridized carbons (Fsp3) is 0.100. The molecular weight excluding hydrogens is 200 g/mol. The lowest BCUT2D eigenvalue weighted by atomic mass is 10.2. The number of hydrogen-bond acceptors (Lipinski definition) is 3. The van der Waals surface area contributed by atoms with E-state index in [0.29, 0.717) is 10.7 Å². The molecule has 1 rings (SSSR count). The van der Waals surface area contributed by atoms with Gasteiger partial charge in [0.15, 0.2) is 6.61 Å². The molecule has 0 aliphatic heterocycles. The van der Waals surface area contributed by atoms with E-state index in [4.69, 9.17) is 21.7 Å². The molecule has 0 radical (unpaired) electrons. The van der Waals surface area contributed by atoms with Crippen molar-refractivity contribution in [1.29, 1.82) is 5.26 Å². The molecule has 0 amide bonds. The zero-order valence-corrected chi connectivity index (χ0v) is 8.21. The molecule has 0 saturated heterocycles. The van der Waals surface area contributed by atoms with E-state index in [1.807, 2.05) is 18.2 Å². The lowest BCUT2D eigenvalue weighted by Gasteiger charge is -2.07. The Labute approximate surface area is 87.5 Å². The first-order valence-electron chi connectivity index (χ1n) is 3.93. The van der Waals surface area contributed by atoms with Crippen LogP contribution in [0, 0.1) is 11.3 Å². The number of nitrogens with zero attached hydrogens (tertiary/aromatic N) is 1. The van der Waals surface area contributed by atoms with Crippen LogP contribution in [0.3, 0.4) is 0 Å². The largest absolute Gasteiger partial charge is 0.266 e. The van der Waals surface area contributed by atoms with Gasteiger partial charge < -0.3 is 0 Å². The van der Waals surface area contributed by atoms with Crippen molar-refractivity contribution < 1.29 is 4.84 Å². The highest BCUT2D eigenvalue weighted by Gasteiger charge is 1.97. The maximum atomic E-state index is 8.22. The molecule has 0 aliphatic carbocycles. The molecule has 0 unspecified atom stereocenters. The fourth-order valence-electron chi connectivity index (χ4n) is 0.865. The topological polar surface area (TPSA) is 45.0 Å². The van der Waals surface area contributed by atoms with Crippen molar-refractivity contribution in [2.45, 2.75) is 0 Å². The number of hydroxylamine groups is 1. The molecule has 0 bridgehead atoms. The van der Waals surface area contributed by atoms with E-state index >= 15 is 0 Å². The minimum absolute atomic E-state index is 0.0212. The van der Waals surface area contributed by atoms with Crippen LogP contribution < -0.4 is 5.48 Å². The van der Waals surface area contributed by atoms with Gasteiger partial charge in [0.25, 0.3) is 0 Å². The van der Waals surface area contributed by atoms with E-state index in [0.717, 1.165) is 5.56 Å². The molecule has 72 valence electrons. The van der Waals surface area contributed by atoms with E-state index in [-0.39, 0.29) is 6.61 Å². The normalized spacial score (nSPS) is 9.14. The monoisotopic (exact) mass is 208 g/mol. The quantitative estimate of drug-likeness (QED) is 0.610. The van der Waals surface area contributed by atoms with Crippen LogP contribution in [-0.4, -0.2) is 6.61 Å². The maximum Gasteiger partial charge on any atom is 0.161 e. The van der Waals surface area contributed by atoms with Crippen LogP contribution in [0.1, 0.15) is 5.56 Å². The van der Waals surface area contributed by atoms with Crippen LogP contribution in [0.5, 0.6) is 0 Å². The van der Waals surface area contributed by atoms with Crippen molar-refractivity contribution in [3.8, 4) is 6.07 Å². The lowest BCUT2D eigenvalue weighted by molar-refractivity contribution is 0.107. The molecule has 1 N–H and O–H groups in total. The lowest BCUT2D eigenvalue weighted by Crippen LogP contribution is -2.12. The third-order valence-corrected chi connectivity index (χ3v) is 1.78. The van der Waals surface area contributed by atoms with Crippen LogP contribution in [-0.2, 0) is 4.84 Å². The van der Waals surface area contributed by atoms with Gasteiger partial charge in [0, 0.05) is 5.02 Å². The van der Waals surface area contributed by atoms with E-state index in [9.17, 15) is 0 Å². The number of nitriles is 1. The van der Waals surface area contributed by atoms with Gasteiger partial charge in [-0.3, -0.25) is 10.3 Å². The Morgan fingerprint density at radius 3 is 2.71 bits per heavy atom. The van der Waals surface area contributed by atoms with Crippen molar-refractivity contribution in [3.63, 3.8) is 0 Å². The first kappa shape index (κ1) is 10.6. The highest BCUT2D eigenvalue weighted by atomic mass is 35.5. The van der Waals surface area contributed by atoms with E-state index < -0.39 is 0 Å². The minimum atomic E-state index is -0.0212. The van der Waals surface area contributed by atoms with Gasteiger partial charge in [-0.25, -0.2) is 0 Å². The highest BCUT2D eigenvalue weighted by molar-refractivity contribution is 6.30. The molecule has 1 aromatic rings. The molecule has 1 aromatic carbocycles. The van der Waals surface area contributed by atoms with Gasteiger partial charge in [-0.1, -0.05) is 30.3 Å². The van der Waals surface area contributed by atoms with Crippen molar-refractivity contribution in [2.24, 2.45) is 0 Å². The average molecular weight is 209 g/mol. The van der Waals surface area contributed by atoms with Gasteiger partial charge in [-0.15, -0.1) is 0 Å². The molecule has 0 saturated carbocycles. The molecule has 0 spiro atoms. The van der Waals surface area contributed by atoms with E-state index in [1.165, 1.54) is 0 Å². The van der Waals surface area contributed by atoms with Gasteiger partial charge >= 0.3 is 0 Å². The average Bonchev–Trinajstić information content (AvgIpc) is 2.19. The van der Waals surface area contributed by atoms with Crippen LogP contribution >= 0.6 is 11.6 Å². The first-order valence-corrected chi connectivity index (χ1v) is 4.31. The molecule has 4 heteroatoms. The molecular formula is C10H9ClN2O. The van der Waals surface area contributed by atoms with Gasteiger partial charge in [0.2, 0.25) is 0 Å². The summed E-state index contributed by atoms with van der Waals surface area (Å²) in [5.41, 5.74) is 4.02. The smallest absolute Gasteiger partial charge is 0.161 e. The molecule has 0 aliphatic rings. The van der Waals surface area contributed by atoms with E-state index in [2.05, 4.69) is 12.1 Å². The Hall–Kier alpha value is -1.50. The number of hydrogen-bond donors (Lipinski definition) is 1. The van der Waals surface area contributed by atoms with Gasteiger partial charge in [-0.2, -0.15) is 5.26 Å². The van der Waals surface area contributed by atoms with Gasteiger partial charge in [-0.05, 0) is 17.7 Å². The molecule has 0 aromatic heterocycles. The Morgan fingerprint density at radius 2 is 2.14 bits per heavy atom. The number of halogens is 1. The van der Waals surface area contributed by atoms with Crippen LogP contribution in [0.2, 0.25) is 5.02 Å². The number of rotatable bonds is 4. The minimum Gasteiger partial charge on any atom is -0.266 e. The summed E-state index contributed by atoms with van der Waals surface area (Å²) in [7, 11) is 0. The fourth-order valence-corrected chi connectivity index (χ4v) is 0.991. The standard InChI is InChI=1S/C10H9ClN2O/c1-8(13-14-7-6-12)9-2-4-10(11)5-3-9/h2-5,13H,1,7H2. The predicted molar refractivity (Wildman–Crippen MR) is 55.2 cm³/mol.